The second-order valence-electron chi connectivity index (χ2n) is 4.88. The number of hydrogen-bond acceptors (Lipinski definition) is 4. The molecule has 0 bridgehead atoms. The fraction of sp³-hybridized carbons (Fsp3) is 0.692. The van der Waals surface area contributed by atoms with Gasteiger partial charge in [0.15, 0.2) is 0 Å². The van der Waals surface area contributed by atoms with Gasteiger partial charge in [0.25, 0.3) is 0 Å². The number of carbonyl (C=O) groups is 1. The van der Waals surface area contributed by atoms with E-state index in [1.807, 2.05) is 34.7 Å². The molecule has 1 rings (SSSR count). The molecule has 0 saturated carbocycles. The lowest BCUT2D eigenvalue weighted by atomic mass is 10.0. The van der Waals surface area contributed by atoms with Crippen molar-refractivity contribution in [2.75, 3.05) is 13.6 Å². The van der Waals surface area contributed by atoms with Gasteiger partial charge in [-0.3, -0.25) is 4.79 Å². The Morgan fingerprint density at radius 3 is 2.56 bits per heavy atom. The van der Waals surface area contributed by atoms with E-state index in [9.17, 15) is 4.79 Å². The molecular weight excluding hydrogens is 230 g/mol. The van der Waals surface area contributed by atoms with E-state index in [1.165, 1.54) is 0 Å². The Labute approximate surface area is 108 Å². The lowest BCUT2D eigenvalue weighted by Gasteiger charge is -2.17. The molecular formula is C13H23N3O2. The average Bonchev–Trinajstić information content (AvgIpc) is 2.61. The Morgan fingerprint density at radius 2 is 2.06 bits per heavy atom. The zero-order chi connectivity index (χ0) is 13.7. The number of aromatic nitrogens is 1. The van der Waals surface area contributed by atoms with Crippen LogP contribution in [0.2, 0.25) is 0 Å². The smallest absolute Gasteiger partial charge is 0.224 e. The monoisotopic (exact) mass is 253 g/mol. The highest BCUT2D eigenvalue weighted by molar-refractivity contribution is 5.78. The fourth-order valence-corrected chi connectivity index (χ4v) is 1.93. The first-order chi connectivity index (χ1) is 8.45. The van der Waals surface area contributed by atoms with Crippen LogP contribution in [0, 0.1) is 19.8 Å². The molecule has 1 amide bonds. The van der Waals surface area contributed by atoms with Gasteiger partial charge >= 0.3 is 0 Å². The number of aryl methyl sites for hydroxylation is 2. The van der Waals surface area contributed by atoms with Crippen LogP contribution in [0.5, 0.6) is 0 Å². The van der Waals surface area contributed by atoms with Crippen LogP contribution in [0.3, 0.4) is 0 Å². The predicted molar refractivity (Wildman–Crippen MR) is 70.4 cm³/mol. The Bertz CT molecular complexity index is 381. The summed E-state index contributed by atoms with van der Waals surface area (Å²) in [5, 5.41) is 9.92. The zero-order valence-corrected chi connectivity index (χ0v) is 11.8. The molecule has 0 fully saturated rings. The molecule has 1 heterocycles. The van der Waals surface area contributed by atoms with Crippen molar-refractivity contribution in [3.05, 3.63) is 17.0 Å². The number of amides is 1. The third kappa shape index (κ3) is 3.84. The molecule has 0 radical (unpaired) electrons. The van der Waals surface area contributed by atoms with Crippen molar-refractivity contribution in [1.82, 2.24) is 15.8 Å². The van der Waals surface area contributed by atoms with Crippen molar-refractivity contribution in [2.24, 2.45) is 5.92 Å². The summed E-state index contributed by atoms with van der Waals surface area (Å²) in [6, 6.07) is 0.0774. The van der Waals surface area contributed by atoms with Crippen molar-refractivity contribution in [1.29, 1.82) is 0 Å². The minimum absolute atomic E-state index is 0.0258. The molecule has 2 unspecified atom stereocenters. The SMILES string of the molecule is CNCC(C)C(=O)NC(C)Cc1c(C)noc1C. The van der Waals surface area contributed by atoms with E-state index < -0.39 is 0 Å². The van der Waals surface area contributed by atoms with Crippen molar-refractivity contribution >= 4 is 5.91 Å². The minimum Gasteiger partial charge on any atom is -0.361 e. The van der Waals surface area contributed by atoms with Gasteiger partial charge in [-0.1, -0.05) is 12.1 Å². The van der Waals surface area contributed by atoms with Crippen LogP contribution >= 0.6 is 0 Å². The van der Waals surface area contributed by atoms with Gasteiger partial charge in [0.1, 0.15) is 5.76 Å². The Balaban J connectivity index is 2.52. The number of carbonyl (C=O) groups excluding carboxylic acids is 1. The standard InChI is InChI=1S/C13H23N3O2/c1-8(7-14-5)13(17)15-9(2)6-12-10(3)16-18-11(12)4/h8-9,14H,6-7H2,1-5H3,(H,15,17). The summed E-state index contributed by atoms with van der Waals surface area (Å²) < 4.78 is 5.11. The van der Waals surface area contributed by atoms with Crippen molar-refractivity contribution < 1.29 is 9.32 Å². The van der Waals surface area contributed by atoms with Crippen LogP contribution in [0.1, 0.15) is 30.9 Å². The van der Waals surface area contributed by atoms with Gasteiger partial charge in [0.05, 0.1) is 5.69 Å². The van der Waals surface area contributed by atoms with E-state index in [2.05, 4.69) is 15.8 Å². The summed E-state index contributed by atoms with van der Waals surface area (Å²) in [5.74, 6) is 0.877. The number of nitrogens with one attached hydrogen (secondary N) is 2. The van der Waals surface area contributed by atoms with Crippen molar-refractivity contribution in [2.45, 2.75) is 40.2 Å². The molecule has 0 saturated heterocycles. The topological polar surface area (TPSA) is 67.2 Å². The Morgan fingerprint density at radius 1 is 1.39 bits per heavy atom. The van der Waals surface area contributed by atoms with Crippen LogP contribution in [0.4, 0.5) is 0 Å². The van der Waals surface area contributed by atoms with Crippen molar-refractivity contribution in [3.8, 4) is 0 Å². The van der Waals surface area contributed by atoms with E-state index >= 15 is 0 Å². The summed E-state index contributed by atoms with van der Waals surface area (Å²) in [6.07, 6.45) is 0.749. The van der Waals surface area contributed by atoms with Crippen LogP contribution < -0.4 is 10.6 Å². The molecule has 0 aliphatic rings. The molecule has 0 spiro atoms. The van der Waals surface area contributed by atoms with Gasteiger partial charge in [-0.2, -0.15) is 0 Å². The summed E-state index contributed by atoms with van der Waals surface area (Å²) in [5.41, 5.74) is 1.99. The van der Waals surface area contributed by atoms with Crippen LogP contribution in [0.15, 0.2) is 4.52 Å². The maximum Gasteiger partial charge on any atom is 0.224 e. The highest BCUT2D eigenvalue weighted by Gasteiger charge is 2.17. The molecule has 5 nitrogen and oxygen atoms in total. The zero-order valence-electron chi connectivity index (χ0n) is 11.8. The highest BCUT2D eigenvalue weighted by Crippen LogP contribution is 2.14. The van der Waals surface area contributed by atoms with Crippen LogP contribution in [-0.2, 0) is 11.2 Å². The van der Waals surface area contributed by atoms with Gasteiger partial charge in [-0.15, -0.1) is 0 Å². The van der Waals surface area contributed by atoms with Gasteiger partial charge in [0.2, 0.25) is 5.91 Å². The van der Waals surface area contributed by atoms with E-state index in [0.717, 1.165) is 23.4 Å². The Kier molecular flexibility index (Phi) is 5.34. The molecule has 0 aliphatic heterocycles. The Hall–Kier alpha value is -1.36. The third-order valence-corrected chi connectivity index (χ3v) is 3.04. The van der Waals surface area contributed by atoms with Crippen LogP contribution in [0.25, 0.3) is 0 Å². The van der Waals surface area contributed by atoms with Gasteiger partial charge in [0, 0.05) is 24.1 Å². The van der Waals surface area contributed by atoms with E-state index in [4.69, 9.17) is 4.52 Å². The van der Waals surface area contributed by atoms with Gasteiger partial charge in [-0.05, 0) is 34.2 Å². The number of hydrogen-bond donors (Lipinski definition) is 2. The van der Waals surface area contributed by atoms with Gasteiger partial charge < -0.3 is 15.2 Å². The molecule has 1 aromatic heterocycles. The quantitative estimate of drug-likeness (QED) is 0.799. The molecule has 0 aliphatic carbocycles. The maximum atomic E-state index is 11.9. The first kappa shape index (κ1) is 14.7. The summed E-state index contributed by atoms with van der Waals surface area (Å²) >= 11 is 0. The van der Waals surface area contributed by atoms with Crippen molar-refractivity contribution in [3.63, 3.8) is 0 Å². The lowest BCUT2D eigenvalue weighted by molar-refractivity contribution is -0.124. The number of nitrogens with zero attached hydrogens (tertiary/aromatic N) is 1. The maximum absolute atomic E-state index is 11.9. The molecule has 2 atom stereocenters. The fourth-order valence-electron chi connectivity index (χ4n) is 1.93. The molecule has 2 N–H and O–H groups in total. The lowest BCUT2D eigenvalue weighted by Crippen LogP contribution is -2.40. The molecule has 18 heavy (non-hydrogen) atoms. The third-order valence-electron chi connectivity index (χ3n) is 3.04. The molecule has 1 aromatic rings. The number of rotatable bonds is 6. The second-order valence-corrected chi connectivity index (χ2v) is 4.88. The second kappa shape index (κ2) is 6.54. The molecule has 102 valence electrons. The minimum atomic E-state index is -0.0258. The largest absolute Gasteiger partial charge is 0.361 e. The summed E-state index contributed by atoms with van der Waals surface area (Å²) in [4.78, 5) is 11.9. The molecule has 0 aromatic carbocycles. The first-order valence-corrected chi connectivity index (χ1v) is 6.32. The van der Waals surface area contributed by atoms with Crippen LogP contribution in [-0.4, -0.2) is 30.7 Å². The normalized spacial score (nSPS) is 14.3. The molecule has 5 heteroatoms. The highest BCUT2D eigenvalue weighted by atomic mass is 16.5. The average molecular weight is 253 g/mol. The van der Waals surface area contributed by atoms with E-state index in [-0.39, 0.29) is 17.9 Å². The summed E-state index contributed by atoms with van der Waals surface area (Å²) in [6.45, 7) is 8.41. The summed E-state index contributed by atoms with van der Waals surface area (Å²) in [7, 11) is 1.84. The van der Waals surface area contributed by atoms with Gasteiger partial charge in [-0.25, -0.2) is 0 Å². The predicted octanol–water partition coefficient (Wildman–Crippen LogP) is 1.19. The first-order valence-electron chi connectivity index (χ1n) is 6.32. The van der Waals surface area contributed by atoms with E-state index in [0.29, 0.717) is 6.54 Å². The van der Waals surface area contributed by atoms with E-state index in [1.54, 1.807) is 0 Å².